The zero-order valence-corrected chi connectivity index (χ0v) is 47.7. The van der Waals surface area contributed by atoms with Crippen molar-refractivity contribution in [2.75, 3.05) is 0 Å². The minimum atomic E-state index is 1.22. The van der Waals surface area contributed by atoms with Crippen LogP contribution in [0.25, 0.3) is 196 Å². The van der Waals surface area contributed by atoms with Crippen LogP contribution in [0.1, 0.15) is 0 Å². The summed E-state index contributed by atoms with van der Waals surface area (Å²) in [5.41, 5.74) is 15.0. The van der Waals surface area contributed by atoms with E-state index in [0.29, 0.717) is 0 Å². The third-order valence-electron chi connectivity index (χ3n) is 20.6. The highest BCUT2D eigenvalue weighted by molar-refractivity contribution is 6.54. The van der Waals surface area contributed by atoms with Gasteiger partial charge >= 0.3 is 0 Å². The summed E-state index contributed by atoms with van der Waals surface area (Å²) in [4.78, 5) is 0. The van der Waals surface area contributed by atoms with E-state index in [1.807, 2.05) is 0 Å². The van der Waals surface area contributed by atoms with Crippen LogP contribution in [0.5, 0.6) is 0 Å². The minimum absolute atomic E-state index is 1.22. The molecule has 1 aliphatic carbocycles. The van der Waals surface area contributed by atoms with Gasteiger partial charge in [0.05, 0.1) is 0 Å². The van der Waals surface area contributed by atoms with Crippen molar-refractivity contribution < 1.29 is 0 Å². The molecule has 0 unspecified atom stereocenters. The van der Waals surface area contributed by atoms with Crippen LogP contribution in [-0.2, 0) is 0 Å². The first-order valence-electron chi connectivity index (χ1n) is 30.9. The minimum Gasteiger partial charge on any atom is -0.0622 e. The lowest BCUT2D eigenvalue weighted by Crippen LogP contribution is -1.89. The third-order valence-corrected chi connectivity index (χ3v) is 20.6. The predicted octanol–water partition coefficient (Wildman–Crippen LogP) is 24.2. The smallest absolute Gasteiger partial charge is 0.000674 e. The maximum atomic E-state index is 2.62. The Bertz CT molecular complexity index is 6600. The van der Waals surface area contributed by atoms with Crippen molar-refractivity contribution in [2.24, 2.45) is 0 Å². The molecule has 0 bridgehead atoms. The third kappa shape index (κ3) is 5.94. The van der Waals surface area contributed by atoms with Gasteiger partial charge < -0.3 is 0 Å². The molecule has 0 saturated carbocycles. The standard InChI is InChI=1S/C88H48/c1-4-19-49(20-5-1)53-25-10-11-28-56(53)52-35-36-59-65-38-39-66-68-42-45-72-82-73(46-43-69(80(68)82)67-40-41-70(74(59)47-52)78(65)79(66)67)87-85-63-32-17-16-31-62(63)84-83-71-44-37-58(57-29-14-12-26-54(57)50-21-6-2-7-22-50)61-33-18-34-64(77(61)71)75(83)48-76(88(84)85)81(86(72)87)60-30-15-13-27-55(60)51-23-8-3-9-24-51/h1-48H. The van der Waals surface area contributed by atoms with Gasteiger partial charge in [-0.2, -0.15) is 0 Å². The monoisotopic (exact) mass is 1100 g/mol. The quantitative estimate of drug-likeness (QED) is 0.115. The van der Waals surface area contributed by atoms with Gasteiger partial charge in [0.1, 0.15) is 0 Å². The van der Waals surface area contributed by atoms with Crippen molar-refractivity contribution in [3.05, 3.63) is 312 Å². The average molecular weight is 1110 g/mol. The van der Waals surface area contributed by atoms with Crippen molar-refractivity contribution in [3.63, 3.8) is 0 Å². The molecule has 0 atom stereocenters. The predicted molar refractivity (Wildman–Crippen MR) is 376 cm³/mol. The summed E-state index contributed by atoms with van der Waals surface area (Å²) in [6, 6.07) is 111. The Morgan fingerprint density at radius 1 is 0.125 bits per heavy atom. The average Bonchev–Trinajstić information content (AvgIpc) is 1.50. The van der Waals surface area contributed by atoms with E-state index in [9.17, 15) is 0 Å². The highest BCUT2D eigenvalue weighted by Gasteiger charge is 2.31. The van der Waals surface area contributed by atoms with Crippen LogP contribution in [0, 0.1) is 20.9 Å². The van der Waals surface area contributed by atoms with Gasteiger partial charge in [-0.3, -0.25) is 0 Å². The summed E-state index contributed by atoms with van der Waals surface area (Å²) >= 11 is 0. The zero-order valence-electron chi connectivity index (χ0n) is 47.7. The zero-order chi connectivity index (χ0) is 57.0. The van der Waals surface area contributed by atoms with E-state index >= 15 is 0 Å². The first kappa shape index (κ1) is 46.9. The van der Waals surface area contributed by atoms with E-state index < -0.39 is 0 Å². The number of hydrogen-bond acceptors (Lipinski definition) is 0. The van der Waals surface area contributed by atoms with Gasteiger partial charge in [-0.25, -0.2) is 0 Å². The molecule has 0 amide bonds. The number of fused-ring (bicyclic) bond motifs is 14. The van der Waals surface area contributed by atoms with E-state index in [1.165, 1.54) is 217 Å². The second kappa shape index (κ2) is 17.1. The summed E-state index contributed by atoms with van der Waals surface area (Å²) < 4.78 is 0. The number of benzene rings is 17. The van der Waals surface area contributed by atoms with Crippen LogP contribution in [0.2, 0.25) is 0 Å². The maximum Gasteiger partial charge on any atom is -0.000674 e. The van der Waals surface area contributed by atoms with Gasteiger partial charge in [0, 0.05) is 0 Å². The number of hydrogen-bond donors (Lipinski definition) is 0. The van der Waals surface area contributed by atoms with Gasteiger partial charge in [0.25, 0.3) is 0 Å². The molecule has 0 spiro atoms. The van der Waals surface area contributed by atoms with Crippen LogP contribution < -0.4 is 0 Å². The lowest BCUT2D eigenvalue weighted by atomic mass is 9.85. The molecule has 0 heteroatoms. The van der Waals surface area contributed by atoms with E-state index in [-0.39, 0.29) is 0 Å². The molecule has 20 aromatic rings. The molecule has 0 fully saturated rings. The van der Waals surface area contributed by atoms with Gasteiger partial charge in [-0.1, -0.05) is 279 Å². The van der Waals surface area contributed by atoms with Crippen LogP contribution in [0.3, 0.4) is 0 Å². The highest BCUT2D eigenvalue weighted by atomic mass is 14.3. The largest absolute Gasteiger partial charge is 0.0622 e. The summed E-state index contributed by atoms with van der Waals surface area (Å²) in [6.07, 6.45) is 0. The van der Waals surface area contributed by atoms with Gasteiger partial charge in [0.2, 0.25) is 0 Å². The summed E-state index contributed by atoms with van der Waals surface area (Å²) in [5.74, 6) is 0. The Morgan fingerprint density at radius 2 is 0.489 bits per heavy atom. The van der Waals surface area contributed by atoms with Crippen molar-refractivity contribution in [3.8, 4) is 66.8 Å². The first-order chi connectivity index (χ1) is 43.7. The first-order valence-corrected chi connectivity index (χ1v) is 30.9. The van der Waals surface area contributed by atoms with Crippen molar-refractivity contribution >= 4 is 129 Å². The molecular weight excluding hydrogens is 1060 g/mol. The molecule has 400 valence electrons. The summed E-state index contributed by atoms with van der Waals surface area (Å²) in [7, 11) is 0. The SMILES string of the molecule is c1ccc(-c2ccccc2-c2ccc3c(c2)=c2ccc4c5ccc6c7c(ccc(c8ccc=3c2c84)c57)c2c(-c3ccccc3-c3ccccc3)c3cc4c5cccc7c(-c8ccccc8-c8ccccc8)ccc(c75)c4c4c5ccccc5c(c62)c34)cc1. The molecule has 0 saturated heterocycles. The second-order valence-electron chi connectivity index (χ2n) is 24.7. The van der Waals surface area contributed by atoms with Crippen LogP contribution in [-0.4, -0.2) is 0 Å². The molecule has 21 rings (SSSR count). The van der Waals surface area contributed by atoms with Crippen molar-refractivity contribution in [1.82, 2.24) is 0 Å². The normalized spacial score (nSPS) is 12.5. The van der Waals surface area contributed by atoms with Crippen molar-refractivity contribution in [1.29, 1.82) is 0 Å². The fourth-order valence-electron chi connectivity index (χ4n) is 17.2. The summed E-state index contributed by atoms with van der Waals surface area (Å²) in [5, 5.41) is 37.2. The molecule has 0 aromatic heterocycles. The Kier molecular flexibility index (Phi) is 9.13. The second-order valence-corrected chi connectivity index (χ2v) is 24.7. The Morgan fingerprint density at radius 3 is 1.12 bits per heavy atom. The van der Waals surface area contributed by atoms with Crippen LogP contribution >= 0.6 is 0 Å². The Hall–Kier alpha value is -11.4. The van der Waals surface area contributed by atoms with Crippen LogP contribution in [0.15, 0.2) is 291 Å². The van der Waals surface area contributed by atoms with Gasteiger partial charge in [-0.05, 0) is 229 Å². The Balaban J connectivity index is 0.891. The van der Waals surface area contributed by atoms with Crippen LogP contribution in [0.4, 0.5) is 0 Å². The topological polar surface area (TPSA) is 0 Å². The fourth-order valence-corrected chi connectivity index (χ4v) is 17.2. The summed E-state index contributed by atoms with van der Waals surface area (Å²) in [6.45, 7) is 0. The molecule has 0 heterocycles. The lowest BCUT2D eigenvalue weighted by Gasteiger charge is -2.17. The van der Waals surface area contributed by atoms with Gasteiger partial charge in [-0.15, -0.1) is 0 Å². The fraction of sp³-hybridized carbons (Fsp3) is 0. The molecule has 0 aliphatic heterocycles. The van der Waals surface area contributed by atoms with E-state index in [2.05, 4.69) is 291 Å². The molecule has 1 aliphatic rings. The Labute approximate surface area is 505 Å². The molecular formula is C88H48. The molecule has 0 nitrogen and oxygen atoms in total. The van der Waals surface area contributed by atoms with E-state index in [0.717, 1.165) is 0 Å². The van der Waals surface area contributed by atoms with Gasteiger partial charge in [0.15, 0.2) is 0 Å². The van der Waals surface area contributed by atoms with E-state index in [1.54, 1.807) is 0 Å². The lowest BCUT2D eigenvalue weighted by molar-refractivity contribution is 1.48. The molecule has 0 N–H and O–H groups in total. The maximum absolute atomic E-state index is 2.62. The number of rotatable bonds is 6. The van der Waals surface area contributed by atoms with Crippen molar-refractivity contribution in [2.45, 2.75) is 0 Å². The molecule has 20 aromatic carbocycles. The molecule has 88 heavy (non-hydrogen) atoms. The highest BCUT2D eigenvalue weighted by Crippen LogP contribution is 2.59. The molecule has 0 radical (unpaired) electrons. The van der Waals surface area contributed by atoms with E-state index in [4.69, 9.17) is 0 Å².